The number of benzene rings is 8. The summed E-state index contributed by atoms with van der Waals surface area (Å²) >= 11 is 0. The summed E-state index contributed by atoms with van der Waals surface area (Å²) < 4.78 is 13.5. The fraction of sp³-hybridized carbons (Fsp3) is 0. The Morgan fingerprint density at radius 1 is 0.417 bits per heavy atom. The summed E-state index contributed by atoms with van der Waals surface area (Å²) in [6.45, 7) is 0.0190. The van der Waals surface area contributed by atoms with Crippen LogP contribution < -0.4 is 30.8 Å². The summed E-state index contributed by atoms with van der Waals surface area (Å²) in [4.78, 5) is 2.39. The van der Waals surface area contributed by atoms with Crippen LogP contribution in [0.15, 0.2) is 170 Å². The molecule has 48 heavy (non-hydrogen) atoms. The Bertz CT molecular complexity index is 2470. The van der Waals surface area contributed by atoms with E-state index in [1.165, 1.54) is 21.7 Å². The highest BCUT2D eigenvalue weighted by Crippen LogP contribution is 2.48. The lowest BCUT2D eigenvalue weighted by Crippen LogP contribution is -2.57. The first kappa shape index (κ1) is 26.9. The van der Waals surface area contributed by atoms with Crippen LogP contribution in [0.2, 0.25) is 0 Å². The van der Waals surface area contributed by atoms with Crippen LogP contribution in [0.3, 0.4) is 0 Å². The number of para-hydroxylation sites is 2. The maximum absolute atomic E-state index is 6.77. The second kappa shape index (κ2) is 10.6. The van der Waals surface area contributed by atoms with Crippen molar-refractivity contribution < 1.29 is 9.47 Å². The van der Waals surface area contributed by atoms with E-state index in [2.05, 4.69) is 163 Å². The van der Waals surface area contributed by atoms with E-state index in [4.69, 9.17) is 9.47 Å². The van der Waals surface area contributed by atoms with Crippen molar-refractivity contribution in [1.29, 1.82) is 0 Å². The fourth-order valence-electron chi connectivity index (χ4n) is 7.67. The van der Waals surface area contributed by atoms with Gasteiger partial charge in [-0.15, -0.1) is 0 Å². The van der Waals surface area contributed by atoms with Crippen molar-refractivity contribution in [3.63, 3.8) is 0 Å². The van der Waals surface area contributed by atoms with Gasteiger partial charge in [0.2, 0.25) is 0 Å². The Kier molecular flexibility index (Phi) is 5.97. The van der Waals surface area contributed by atoms with Crippen LogP contribution in [0.25, 0.3) is 32.7 Å². The average molecular weight is 614 g/mol. The van der Waals surface area contributed by atoms with Crippen molar-refractivity contribution in [3.05, 3.63) is 170 Å². The largest absolute Gasteiger partial charge is 0.458 e. The number of ether oxygens (including phenoxy) is 2. The Balaban J connectivity index is 1.29. The first-order chi connectivity index (χ1) is 23.8. The monoisotopic (exact) mass is 613 g/mol. The molecule has 8 aromatic rings. The normalized spacial score (nSPS) is 12.5. The van der Waals surface area contributed by atoms with Gasteiger partial charge in [-0.05, 0) is 56.9 Å². The van der Waals surface area contributed by atoms with Crippen LogP contribution in [0.1, 0.15) is 0 Å². The molecule has 0 unspecified atom stereocenters. The Hall–Kier alpha value is -6.26. The third-order valence-corrected chi connectivity index (χ3v) is 9.75. The molecule has 8 aromatic carbocycles. The molecular formula is C44H28BNO2. The predicted octanol–water partition coefficient (Wildman–Crippen LogP) is 9.86. The third kappa shape index (κ3) is 4.09. The number of anilines is 3. The second-order valence-electron chi connectivity index (χ2n) is 12.4. The minimum Gasteiger partial charge on any atom is -0.458 e. The van der Waals surface area contributed by atoms with Gasteiger partial charge >= 0.3 is 0 Å². The lowest BCUT2D eigenvalue weighted by atomic mass is 9.35. The molecule has 0 bridgehead atoms. The SMILES string of the molecule is c1ccc(-c2c(N(c3cc4c5c(c3)Oc3ccccc3B5c3ccccc3O4)c3cccc4ccccc34)ccc3ccccc23)cc1. The summed E-state index contributed by atoms with van der Waals surface area (Å²) in [6.07, 6.45) is 0. The van der Waals surface area contributed by atoms with E-state index in [9.17, 15) is 0 Å². The highest BCUT2D eigenvalue weighted by atomic mass is 16.5. The van der Waals surface area contributed by atoms with Crippen LogP contribution in [0.4, 0.5) is 17.1 Å². The van der Waals surface area contributed by atoms with Crippen molar-refractivity contribution in [2.24, 2.45) is 0 Å². The zero-order valence-corrected chi connectivity index (χ0v) is 26.0. The second-order valence-corrected chi connectivity index (χ2v) is 12.4. The van der Waals surface area contributed by atoms with Crippen LogP contribution >= 0.6 is 0 Å². The number of fused-ring (bicyclic) bond motifs is 6. The van der Waals surface area contributed by atoms with Crippen molar-refractivity contribution >= 4 is 61.7 Å². The molecule has 224 valence electrons. The van der Waals surface area contributed by atoms with Crippen LogP contribution in [-0.2, 0) is 0 Å². The van der Waals surface area contributed by atoms with Gasteiger partial charge in [-0.1, -0.05) is 133 Å². The van der Waals surface area contributed by atoms with Crippen molar-refractivity contribution in [3.8, 4) is 34.1 Å². The molecule has 0 N–H and O–H groups in total. The highest BCUT2D eigenvalue weighted by Gasteiger charge is 2.40. The number of hydrogen-bond donors (Lipinski definition) is 0. The summed E-state index contributed by atoms with van der Waals surface area (Å²) in [5.74, 6) is 3.38. The molecule has 2 aliphatic rings. The minimum absolute atomic E-state index is 0.0190. The molecule has 2 heterocycles. The zero-order valence-electron chi connectivity index (χ0n) is 26.0. The summed E-state index contributed by atoms with van der Waals surface area (Å²) in [6, 6.07) is 60.1. The van der Waals surface area contributed by atoms with E-state index >= 15 is 0 Å². The van der Waals surface area contributed by atoms with E-state index in [0.29, 0.717) is 0 Å². The molecule has 10 rings (SSSR count). The molecule has 2 aliphatic heterocycles. The van der Waals surface area contributed by atoms with E-state index in [1.54, 1.807) is 0 Å². The molecular weight excluding hydrogens is 585 g/mol. The smallest absolute Gasteiger partial charge is 0.260 e. The molecule has 0 amide bonds. The lowest BCUT2D eigenvalue weighted by molar-refractivity contribution is 0.465. The van der Waals surface area contributed by atoms with Crippen molar-refractivity contribution in [1.82, 2.24) is 0 Å². The van der Waals surface area contributed by atoms with Gasteiger partial charge in [-0.25, -0.2) is 0 Å². The van der Waals surface area contributed by atoms with E-state index < -0.39 is 0 Å². The first-order valence-electron chi connectivity index (χ1n) is 16.4. The highest BCUT2D eigenvalue weighted by molar-refractivity contribution is 6.98. The van der Waals surface area contributed by atoms with Crippen LogP contribution in [0, 0.1) is 0 Å². The molecule has 0 atom stereocenters. The van der Waals surface area contributed by atoms with Crippen LogP contribution in [-0.4, -0.2) is 6.71 Å². The van der Waals surface area contributed by atoms with E-state index in [-0.39, 0.29) is 6.71 Å². The third-order valence-electron chi connectivity index (χ3n) is 9.75. The average Bonchev–Trinajstić information content (AvgIpc) is 3.15. The van der Waals surface area contributed by atoms with Gasteiger partial charge in [0.25, 0.3) is 6.71 Å². The molecule has 0 fully saturated rings. The summed E-state index contributed by atoms with van der Waals surface area (Å²) in [5.41, 5.74) is 8.82. The maximum Gasteiger partial charge on any atom is 0.260 e. The maximum atomic E-state index is 6.77. The minimum atomic E-state index is 0.0190. The van der Waals surface area contributed by atoms with Gasteiger partial charge in [0.05, 0.1) is 17.1 Å². The number of hydrogen-bond acceptors (Lipinski definition) is 3. The fourth-order valence-corrected chi connectivity index (χ4v) is 7.67. The number of rotatable bonds is 4. The van der Waals surface area contributed by atoms with Crippen molar-refractivity contribution in [2.75, 3.05) is 4.90 Å². The molecule has 0 saturated carbocycles. The van der Waals surface area contributed by atoms with E-state index in [1.807, 2.05) is 12.1 Å². The molecule has 0 spiro atoms. The van der Waals surface area contributed by atoms with Gasteiger partial charge in [0.15, 0.2) is 0 Å². The van der Waals surface area contributed by atoms with Gasteiger partial charge in [0.1, 0.15) is 23.0 Å². The standard InChI is InChI=1S/C44H28BNO2/c1-2-15-31(16-3-1)43-34-19-7-5-14-30(34)25-26-38(43)46(37-22-12-17-29-13-4-6-18-33(29)37)32-27-41-44-42(28-32)48-40-24-11-9-21-36(40)45(44)35-20-8-10-23-39(35)47-41/h1-28H. The van der Waals surface area contributed by atoms with Crippen molar-refractivity contribution in [2.45, 2.75) is 0 Å². The lowest BCUT2D eigenvalue weighted by Gasteiger charge is -2.35. The van der Waals surface area contributed by atoms with Gasteiger partial charge in [0, 0.05) is 28.5 Å². The Morgan fingerprint density at radius 3 is 1.69 bits per heavy atom. The van der Waals surface area contributed by atoms with Gasteiger partial charge in [-0.2, -0.15) is 0 Å². The Labute approximate surface area is 279 Å². The molecule has 3 nitrogen and oxygen atoms in total. The molecule has 0 aromatic heterocycles. The summed E-state index contributed by atoms with van der Waals surface area (Å²) in [5, 5.41) is 4.73. The quantitative estimate of drug-likeness (QED) is 0.185. The molecule has 0 aliphatic carbocycles. The zero-order chi connectivity index (χ0) is 31.6. The van der Waals surface area contributed by atoms with Gasteiger partial charge < -0.3 is 14.4 Å². The predicted molar refractivity (Wildman–Crippen MR) is 199 cm³/mol. The molecule has 4 heteroatoms. The molecule has 0 radical (unpaired) electrons. The first-order valence-corrected chi connectivity index (χ1v) is 16.4. The van der Waals surface area contributed by atoms with E-state index in [0.717, 1.165) is 67.4 Å². The number of nitrogens with zero attached hydrogens (tertiary/aromatic N) is 1. The van der Waals surface area contributed by atoms with Gasteiger partial charge in [-0.3, -0.25) is 0 Å². The topological polar surface area (TPSA) is 21.7 Å². The molecule has 0 saturated heterocycles. The van der Waals surface area contributed by atoms with Crippen LogP contribution in [0.5, 0.6) is 23.0 Å². The Morgan fingerprint density at radius 2 is 0.979 bits per heavy atom. The summed E-state index contributed by atoms with van der Waals surface area (Å²) in [7, 11) is 0.